The van der Waals surface area contributed by atoms with Crippen LogP contribution in [0.4, 0.5) is 5.69 Å². The summed E-state index contributed by atoms with van der Waals surface area (Å²) < 4.78 is 7.75. The molecule has 2 heterocycles. The number of nitrogens with zero attached hydrogens (tertiary/aromatic N) is 3. The van der Waals surface area contributed by atoms with E-state index in [1.165, 1.54) is 0 Å². The maximum absolute atomic E-state index is 12.7. The molecule has 2 N–H and O–H groups in total. The van der Waals surface area contributed by atoms with Gasteiger partial charge in [0, 0.05) is 35.2 Å². The predicted molar refractivity (Wildman–Crippen MR) is 141 cm³/mol. The lowest BCUT2D eigenvalue weighted by atomic mass is 9.98. The molecule has 1 saturated carbocycles. The van der Waals surface area contributed by atoms with Gasteiger partial charge in [-0.25, -0.2) is 9.50 Å². The normalized spacial score (nSPS) is 13.7. The number of nitrogens with one attached hydrogen (secondary N) is 1. The zero-order valence-corrected chi connectivity index (χ0v) is 21.3. The number of aryl methyl sites for hydroxylation is 1. The number of anilines is 1. The summed E-state index contributed by atoms with van der Waals surface area (Å²) in [6.07, 6.45) is 4.68. The van der Waals surface area contributed by atoms with E-state index in [-0.39, 0.29) is 5.78 Å². The summed E-state index contributed by atoms with van der Waals surface area (Å²) in [6, 6.07) is 14.6. The van der Waals surface area contributed by atoms with Gasteiger partial charge in [-0.1, -0.05) is 23.7 Å². The second kappa shape index (κ2) is 9.56. The topological polar surface area (TPSA) is 88.8 Å². The van der Waals surface area contributed by atoms with Crippen LogP contribution < -0.4 is 10.1 Å². The van der Waals surface area contributed by atoms with Gasteiger partial charge < -0.3 is 15.2 Å². The molecule has 0 spiro atoms. The number of ether oxygens (including phenoxy) is 1. The molecule has 186 valence electrons. The first-order chi connectivity index (χ1) is 17.2. The minimum atomic E-state index is -0.924. The van der Waals surface area contributed by atoms with Gasteiger partial charge >= 0.3 is 0 Å². The predicted octanol–water partition coefficient (Wildman–Crippen LogP) is 6.32. The van der Waals surface area contributed by atoms with Crippen LogP contribution in [0.15, 0.2) is 54.7 Å². The number of fused-ring (bicyclic) bond motifs is 1. The molecule has 0 radical (unpaired) electrons. The fraction of sp³-hybridized carbons (Fsp3) is 0.321. The van der Waals surface area contributed by atoms with Crippen molar-refractivity contribution in [3.63, 3.8) is 0 Å². The van der Waals surface area contributed by atoms with Gasteiger partial charge in [-0.15, -0.1) is 5.10 Å². The van der Waals surface area contributed by atoms with E-state index < -0.39 is 5.60 Å². The Morgan fingerprint density at radius 3 is 2.61 bits per heavy atom. The molecule has 7 nitrogen and oxygen atoms in total. The number of Topliss-reactive ketones (excluding diaryl/α,β-unsaturated/α-hetero) is 1. The molecular weight excluding hydrogens is 476 g/mol. The molecular formula is C28H29ClN4O3. The summed E-state index contributed by atoms with van der Waals surface area (Å²) in [4.78, 5) is 17.3. The van der Waals surface area contributed by atoms with E-state index in [4.69, 9.17) is 21.4 Å². The zero-order chi connectivity index (χ0) is 25.4. The lowest BCUT2D eigenvalue weighted by Gasteiger charge is -2.19. The first kappa shape index (κ1) is 24.3. The van der Waals surface area contributed by atoms with Crippen LogP contribution in [0.25, 0.3) is 16.9 Å². The van der Waals surface area contributed by atoms with Crippen LogP contribution in [0.5, 0.6) is 11.6 Å². The third kappa shape index (κ3) is 5.53. The molecule has 0 aliphatic heterocycles. The number of rotatable bonds is 9. The molecule has 2 aromatic heterocycles. The Morgan fingerprint density at radius 1 is 1.19 bits per heavy atom. The molecule has 0 saturated heterocycles. The third-order valence-electron chi connectivity index (χ3n) is 6.19. The van der Waals surface area contributed by atoms with Gasteiger partial charge in [0.1, 0.15) is 5.75 Å². The Morgan fingerprint density at radius 2 is 1.94 bits per heavy atom. The van der Waals surface area contributed by atoms with Crippen molar-refractivity contribution in [1.29, 1.82) is 0 Å². The summed E-state index contributed by atoms with van der Waals surface area (Å²) in [6.45, 7) is 5.74. The minimum Gasteiger partial charge on any atom is -0.438 e. The fourth-order valence-electron chi connectivity index (χ4n) is 4.09. The van der Waals surface area contributed by atoms with Crippen molar-refractivity contribution in [2.75, 3.05) is 11.9 Å². The number of benzene rings is 2. The van der Waals surface area contributed by atoms with Crippen LogP contribution in [-0.2, 0) is 0 Å². The highest BCUT2D eigenvalue weighted by molar-refractivity contribution is 6.30. The highest BCUT2D eigenvalue weighted by atomic mass is 35.5. The van der Waals surface area contributed by atoms with Crippen molar-refractivity contribution < 1.29 is 14.6 Å². The van der Waals surface area contributed by atoms with E-state index in [1.54, 1.807) is 54.9 Å². The summed E-state index contributed by atoms with van der Waals surface area (Å²) in [7, 11) is 0. The molecule has 1 fully saturated rings. The quantitative estimate of drug-likeness (QED) is 0.259. The Hall–Kier alpha value is -3.42. The molecule has 0 unspecified atom stereocenters. The van der Waals surface area contributed by atoms with Crippen LogP contribution in [0, 0.1) is 12.8 Å². The molecule has 5 rings (SSSR count). The Labute approximate surface area is 215 Å². The SMILES string of the molecule is Cc1cc(-c2cnc3c(NCC(C)(C)O)cc(Oc4ccc(Cl)cc4)nn23)ccc1C(=O)CC1CC1. The van der Waals surface area contributed by atoms with Crippen molar-refractivity contribution >= 4 is 28.7 Å². The summed E-state index contributed by atoms with van der Waals surface area (Å²) in [5, 5.41) is 18.8. The number of halogens is 1. The van der Waals surface area contributed by atoms with Crippen LogP contribution in [0.2, 0.25) is 5.02 Å². The van der Waals surface area contributed by atoms with Gasteiger partial charge in [0.25, 0.3) is 0 Å². The second-order valence-electron chi connectivity index (χ2n) is 10.1. The molecule has 36 heavy (non-hydrogen) atoms. The first-order valence-electron chi connectivity index (χ1n) is 12.1. The average molecular weight is 505 g/mol. The second-order valence-corrected chi connectivity index (χ2v) is 10.5. The van der Waals surface area contributed by atoms with Crippen LogP contribution in [0.1, 0.15) is 49.0 Å². The Kier molecular flexibility index (Phi) is 6.45. The smallest absolute Gasteiger partial charge is 0.239 e. The third-order valence-corrected chi connectivity index (χ3v) is 6.44. The first-order valence-corrected chi connectivity index (χ1v) is 12.5. The Bertz CT molecular complexity index is 1420. The van der Waals surface area contributed by atoms with Crippen molar-refractivity contribution in [2.45, 2.75) is 45.6 Å². The van der Waals surface area contributed by atoms with E-state index in [9.17, 15) is 9.90 Å². The van der Waals surface area contributed by atoms with Crippen LogP contribution >= 0.6 is 11.6 Å². The largest absolute Gasteiger partial charge is 0.438 e. The van der Waals surface area contributed by atoms with Crippen molar-refractivity contribution in [2.24, 2.45) is 5.92 Å². The van der Waals surface area contributed by atoms with Crippen molar-refractivity contribution in [3.8, 4) is 22.9 Å². The van der Waals surface area contributed by atoms with Gasteiger partial charge in [-0.3, -0.25) is 4.79 Å². The molecule has 8 heteroatoms. The lowest BCUT2D eigenvalue weighted by molar-refractivity contribution is 0.0943. The van der Waals surface area contributed by atoms with Gasteiger partial charge in [-0.05, 0) is 75.4 Å². The maximum Gasteiger partial charge on any atom is 0.239 e. The fourth-order valence-corrected chi connectivity index (χ4v) is 4.21. The number of carbonyl (C=O) groups is 1. The highest BCUT2D eigenvalue weighted by Gasteiger charge is 2.26. The minimum absolute atomic E-state index is 0.203. The molecule has 2 aromatic carbocycles. The molecule has 1 aliphatic carbocycles. The monoisotopic (exact) mass is 504 g/mol. The average Bonchev–Trinajstić information content (AvgIpc) is 3.53. The van der Waals surface area contributed by atoms with E-state index in [1.807, 2.05) is 25.1 Å². The number of aliphatic hydroxyl groups is 1. The van der Waals surface area contributed by atoms with E-state index in [2.05, 4.69) is 10.3 Å². The molecule has 0 atom stereocenters. The number of ketones is 1. The Balaban J connectivity index is 1.53. The lowest BCUT2D eigenvalue weighted by Crippen LogP contribution is -2.29. The molecule has 1 aliphatic rings. The zero-order valence-electron chi connectivity index (χ0n) is 20.6. The summed E-state index contributed by atoms with van der Waals surface area (Å²) >= 11 is 6.01. The van der Waals surface area contributed by atoms with Crippen LogP contribution in [-0.4, -0.2) is 37.6 Å². The standard InChI is InChI=1S/C28H29ClN4O3/c1-17-12-19(6-11-22(17)25(34)13-18-4-5-18)24-15-30-27-23(31-16-28(2,3)35)14-26(32-33(24)27)36-21-9-7-20(29)8-10-21/h6-12,14-15,18,31,35H,4-5,13,16H2,1-3H3. The van der Waals surface area contributed by atoms with E-state index in [0.717, 1.165) is 35.2 Å². The number of carbonyl (C=O) groups excluding carboxylic acids is 1. The number of aromatic nitrogens is 3. The number of hydrogen-bond acceptors (Lipinski definition) is 6. The molecule has 4 aromatic rings. The van der Waals surface area contributed by atoms with Crippen molar-refractivity contribution in [1.82, 2.24) is 14.6 Å². The van der Waals surface area contributed by atoms with Crippen LogP contribution in [0.3, 0.4) is 0 Å². The highest BCUT2D eigenvalue weighted by Crippen LogP contribution is 2.35. The van der Waals surface area contributed by atoms with Crippen molar-refractivity contribution in [3.05, 3.63) is 70.9 Å². The van der Waals surface area contributed by atoms with Gasteiger partial charge in [0.2, 0.25) is 5.88 Å². The molecule has 0 bridgehead atoms. The van der Waals surface area contributed by atoms with Gasteiger partial charge in [-0.2, -0.15) is 0 Å². The number of hydrogen-bond donors (Lipinski definition) is 2. The molecule has 0 amide bonds. The van der Waals surface area contributed by atoms with Gasteiger partial charge in [0.15, 0.2) is 11.4 Å². The van der Waals surface area contributed by atoms with Gasteiger partial charge in [0.05, 0.1) is 23.2 Å². The van der Waals surface area contributed by atoms with E-state index >= 15 is 0 Å². The maximum atomic E-state index is 12.7. The number of imidazole rings is 1. The summed E-state index contributed by atoms with van der Waals surface area (Å²) in [5.41, 5.74) is 3.72. The van der Waals surface area contributed by atoms with E-state index in [0.29, 0.717) is 46.9 Å². The summed E-state index contributed by atoms with van der Waals surface area (Å²) in [5.74, 6) is 1.70.